The highest BCUT2D eigenvalue weighted by molar-refractivity contribution is 6.27. The molecule has 0 radical (unpaired) electrons. The van der Waals surface area contributed by atoms with Crippen molar-refractivity contribution in [3.63, 3.8) is 0 Å². The Morgan fingerprint density at radius 3 is 1.77 bits per heavy atom. The van der Waals surface area contributed by atoms with Crippen LogP contribution in [0.5, 0.6) is 0 Å². The molecule has 0 fully saturated rings. The zero-order valence-electron chi connectivity index (χ0n) is 25.4. The minimum absolute atomic E-state index is 0.881. The Bertz CT molecular complexity index is 2810. The highest BCUT2D eigenvalue weighted by Crippen LogP contribution is 2.43. The SMILES string of the molecule is c1ccc(-c2cccc(N(c3ccc4oc5ccccc5c4c3)c3ccc4ccc5ccc6oc7ccccc7c6c5c4c3)c2)cc1. The van der Waals surface area contributed by atoms with Gasteiger partial charge >= 0.3 is 0 Å². The van der Waals surface area contributed by atoms with Gasteiger partial charge in [-0.25, -0.2) is 0 Å². The molecule has 10 aromatic rings. The van der Waals surface area contributed by atoms with Crippen LogP contribution in [0.3, 0.4) is 0 Å². The van der Waals surface area contributed by atoms with Crippen LogP contribution in [0.2, 0.25) is 0 Å². The Labute approximate surface area is 270 Å². The number of nitrogens with zero attached hydrogens (tertiary/aromatic N) is 1. The monoisotopic (exact) mass is 601 g/mol. The van der Waals surface area contributed by atoms with Crippen LogP contribution in [0.25, 0.3) is 76.5 Å². The number of furan rings is 2. The van der Waals surface area contributed by atoms with E-state index in [-0.39, 0.29) is 0 Å². The van der Waals surface area contributed by atoms with E-state index < -0.39 is 0 Å². The smallest absolute Gasteiger partial charge is 0.136 e. The normalized spacial score (nSPS) is 11.8. The molecular formula is C44H27NO2. The van der Waals surface area contributed by atoms with Gasteiger partial charge in [0.05, 0.1) is 0 Å². The second-order valence-corrected chi connectivity index (χ2v) is 12.1. The minimum atomic E-state index is 0.881. The average Bonchev–Trinajstić information content (AvgIpc) is 3.70. The second-order valence-electron chi connectivity index (χ2n) is 12.1. The maximum absolute atomic E-state index is 6.33. The van der Waals surface area contributed by atoms with E-state index in [0.717, 1.165) is 60.9 Å². The van der Waals surface area contributed by atoms with E-state index in [0.29, 0.717) is 0 Å². The van der Waals surface area contributed by atoms with Crippen LogP contribution in [-0.2, 0) is 0 Å². The maximum Gasteiger partial charge on any atom is 0.136 e. The lowest BCUT2D eigenvalue weighted by atomic mass is 9.96. The molecule has 0 saturated carbocycles. The minimum Gasteiger partial charge on any atom is -0.456 e. The number of para-hydroxylation sites is 2. The molecule has 0 bridgehead atoms. The van der Waals surface area contributed by atoms with Gasteiger partial charge in [0.2, 0.25) is 0 Å². The molecule has 0 atom stereocenters. The van der Waals surface area contributed by atoms with Gasteiger partial charge in [-0.05, 0) is 87.9 Å². The molecule has 220 valence electrons. The van der Waals surface area contributed by atoms with E-state index in [2.05, 4.69) is 150 Å². The fraction of sp³-hybridized carbons (Fsp3) is 0. The van der Waals surface area contributed by atoms with Crippen molar-refractivity contribution in [2.75, 3.05) is 4.90 Å². The zero-order valence-corrected chi connectivity index (χ0v) is 25.4. The lowest BCUT2D eigenvalue weighted by molar-refractivity contribution is 0.668. The largest absolute Gasteiger partial charge is 0.456 e. The van der Waals surface area contributed by atoms with Crippen molar-refractivity contribution < 1.29 is 8.83 Å². The van der Waals surface area contributed by atoms with Gasteiger partial charge in [-0.2, -0.15) is 0 Å². The average molecular weight is 602 g/mol. The van der Waals surface area contributed by atoms with Crippen LogP contribution >= 0.6 is 0 Å². The van der Waals surface area contributed by atoms with Gasteiger partial charge < -0.3 is 13.7 Å². The van der Waals surface area contributed by atoms with Crippen molar-refractivity contribution in [3.05, 3.63) is 164 Å². The molecular weight excluding hydrogens is 574 g/mol. The first-order valence-corrected chi connectivity index (χ1v) is 15.9. The number of rotatable bonds is 4. The Morgan fingerprint density at radius 2 is 0.894 bits per heavy atom. The topological polar surface area (TPSA) is 29.5 Å². The standard InChI is InChI=1S/C44H27NO2/c1-2-9-28(10-3-1)31-11-8-12-32(25-31)45(34-22-24-41-38(27-34)35-13-4-6-15-39(35)46-41)33-21-19-29-17-18-30-20-23-42-44(43(30)37(29)26-33)36-14-5-7-16-40(36)47-42/h1-27H. The molecule has 8 aromatic carbocycles. The third-order valence-corrected chi connectivity index (χ3v) is 9.41. The maximum atomic E-state index is 6.33. The molecule has 3 nitrogen and oxygen atoms in total. The van der Waals surface area contributed by atoms with E-state index in [1.165, 1.54) is 32.7 Å². The summed E-state index contributed by atoms with van der Waals surface area (Å²) in [4.78, 5) is 2.36. The van der Waals surface area contributed by atoms with E-state index in [1.54, 1.807) is 0 Å². The number of hydrogen-bond acceptors (Lipinski definition) is 3. The van der Waals surface area contributed by atoms with Crippen molar-refractivity contribution in [1.29, 1.82) is 0 Å². The molecule has 3 heteroatoms. The molecule has 0 aliphatic carbocycles. The fourth-order valence-electron chi connectivity index (χ4n) is 7.24. The van der Waals surface area contributed by atoms with Crippen molar-refractivity contribution in [2.45, 2.75) is 0 Å². The molecule has 10 rings (SSSR count). The van der Waals surface area contributed by atoms with Gasteiger partial charge in [-0.3, -0.25) is 0 Å². The van der Waals surface area contributed by atoms with Gasteiger partial charge in [-0.15, -0.1) is 0 Å². The van der Waals surface area contributed by atoms with Crippen molar-refractivity contribution in [2.24, 2.45) is 0 Å². The lowest BCUT2D eigenvalue weighted by Crippen LogP contribution is -2.10. The number of anilines is 3. The zero-order chi connectivity index (χ0) is 30.9. The fourth-order valence-corrected chi connectivity index (χ4v) is 7.24. The van der Waals surface area contributed by atoms with Crippen LogP contribution in [0, 0.1) is 0 Å². The predicted octanol–water partition coefficient (Wildman–Crippen LogP) is 12.9. The van der Waals surface area contributed by atoms with E-state index >= 15 is 0 Å². The summed E-state index contributed by atoms with van der Waals surface area (Å²) in [5, 5.41) is 9.28. The van der Waals surface area contributed by atoms with Gasteiger partial charge in [0.1, 0.15) is 22.3 Å². The summed E-state index contributed by atoms with van der Waals surface area (Å²) < 4.78 is 12.6. The lowest BCUT2D eigenvalue weighted by Gasteiger charge is -2.26. The summed E-state index contributed by atoms with van der Waals surface area (Å²) >= 11 is 0. The molecule has 47 heavy (non-hydrogen) atoms. The van der Waals surface area contributed by atoms with Crippen LogP contribution in [0.4, 0.5) is 17.1 Å². The van der Waals surface area contributed by atoms with Crippen LogP contribution in [0.1, 0.15) is 0 Å². The highest BCUT2D eigenvalue weighted by Gasteiger charge is 2.18. The molecule has 0 amide bonds. The summed E-state index contributed by atoms with van der Waals surface area (Å²) in [7, 11) is 0. The summed E-state index contributed by atoms with van der Waals surface area (Å²) in [6, 6.07) is 58.0. The van der Waals surface area contributed by atoms with Crippen LogP contribution in [-0.4, -0.2) is 0 Å². The van der Waals surface area contributed by atoms with E-state index in [4.69, 9.17) is 8.83 Å². The third-order valence-electron chi connectivity index (χ3n) is 9.41. The van der Waals surface area contributed by atoms with Crippen LogP contribution < -0.4 is 4.90 Å². The Kier molecular flexibility index (Phi) is 5.57. The molecule has 0 spiro atoms. The predicted molar refractivity (Wildman–Crippen MR) is 196 cm³/mol. The summed E-state index contributed by atoms with van der Waals surface area (Å²) in [6.45, 7) is 0. The number of benzene rings is 8. The molecule has 0 aliphatic rings. The Morgan fingerprint density at radius 1 is 0.319 bits per heavy atom. The third kappa shape index (κ3) is 4.07. The molecule has 0 unspecified atom stereocenters. The summed E-state index contributed by atoms with van der Waals surface area (Å²) in [6.07, 6.45) is 0. The van der Waals surface area contributed by atoms with Crippen LogP contribution in [0.15, 0.2) is 173 Å². The summed E-state index contributed by atoms with van der Waals surface area (Å²) in [5.74, 6) is 0. The Hall–Kier alpha value is -6.32. The molecule has 0 N–H and O–H groups in total. The Balaban J connectivity index is 1.26. The highest BCUT2D eigenvalue weighted by atomic mass is 16.3. The molecule has 2 heterocycles. The van der Waals surface area contributed by atoms with Crippen molar-refractivity contribution in [3.8, 4) is 11.1 Å². The first-order chi connectivity index (χ1) is 23.3. The first kappa shape index (κ1) is 26.0. The molecule has 0 saturated heterocycles. The van der Waals surface area contributed by atoms with Gasteiger partial charge in [0, 0.05) is 44.0 Å². The van der Waals surface area contributed by atoms with Gasteiger partial charge in [0.25, 0.3) is 0 Å². The quantitative estimate of drug-likeness (QED) is 0.188. The summed E-state index contributed by atoms with van der Waals surface area (Å²) in [5.41, 5.74) is 9.16. The van der Waals surface area contributed by atoms with Gasteiger partial charge in [0.15, 0.2) is 0 Å². The van der Waals surface area contributed by atoms with E-state index in [1.807, 2.05) is 18.2 Å². The van der Waals surface area contributed by atoms with Crippen molar-refractivity contribution >= 4 is 82.5 Å². The van der Waals surface area contributed by atoms with Gasteiger partial charge in [-0.1, -0.05) is 103 Å². The van der Waals surface area contributed by atoms with Crippen molar-refractivity contribution in [1.82, 2.24) is 0 Å². The second kappa shape index (κ2) is 10.1. The molecule has 0 aliphatic heterocycles. The number of fused-ring (bicyclic) bond motifs is 10. The van der Waals surface area contributed by atoms with E-state index in [9.17, 15) is 0 Å². The molecule has 2 aromatic heterocycles. The first-order valence-electron chi connectivity index (χ1n) is 15.9. The number of hydrogen-bond donors (Lipinski definition) is 0.